The highest BCUT2D eigenvalue weighted by molar-refractivity contribution is 7.91. The number of hydrogen-bond acceptors (Lipinski definition) is 7. The zero-order valence-corrected chi connectivity index (χ0v) is 14.7. The van der Waals surface area contributed by atoms with Crippen LogP contribution in [0.2, 0.25) is 0 Å². The highest BCUT2D eigenvalue weighted by Crippen LogP contribution is 2.32. The quantitative estimate of drug-likeness (QED) is 0.831. The van der Waals surface area contributed by atoms with Gasteiger partial charge in [0.25, 0.3) is 0 Å². The van der Waals surface area contributed by atoms with Gasteiger partial charge >= 0.3 is 0 Å². The molecule has 1 unspecified atom stereocenters. The molecule has 1 aromatic heterocycles. The SMILES string of the molecule is O=S(=O)(CC1CC1)c1ccc(Cc2nc(C3COCCN3)no2)cc1. The second kappa shape index (κ2) is 6.86. The molecule has 1 atom stereocenters. The molecule has 2 heterocycles. The lowest BCUT2D eigenvalue weighted by molar-refractivity contribution is 0.0734. The number of morpholine rings is 1. The summed E-state index contributed by atoms with van der Waals surface area (Å²) in [6.07, 6.45) is 2.53. The summed E-state index contributed by atoms with van der Waals surface area (Å²) in [5.74, 6) is 1.71. The minimum atomic E-state index is -3.17. The second-order valence-corrected chi connectivity index (χ2v) is 8.71. The Balaban J connectivity index is 1.41. The van der Waals surface area contributed by atoms with Gasteiger partial charge in [0.2, 0.25) is 5.89 Å². The molecule has 2 aromatic rings. The minimum absolute atomic E-state index is 0.0406. The summed E-state index contributed by atoms with van der Waals surface area (Å²) in [7, 11) is -3.17. The van der Waals surface area contributed by atoms with E-state index in [2.05, 4.69) is 15.5 Å². The number of benzene rings is 1. The van der Waals surface area contributed by atoms with Crippen LogP contribution in [0.5, 0.6) is 0 Å². The van der Waals surface area contributed by atoms with Gasteiger partial charge in [-0.05, 0) is 36.5 Å². The van der Waals surface area contributed by atoms with Crippen LogP contribution in [0, 0.1) is 5.92 Å². The zero-order valence-electron chi connectivity index (χ0n) is 13.8. The van der Waals surface area contributed by atoms with Crippen LogP contribution < -0.4 is 5.32 Å². The van der Waals surface area contributed by atoms with Crippen LogP contribution in [-0.4, -0.2) is 44.1 Å². The van der Waals surface area contributed by atoms with Crippen LogP contribution in [0.15, 0.2) is 33.7 Å². The van der Waals surface area contributed by atoms with E-state index in [1.165, 1.54) is 0 Å². The van der Waals surface area contributed by atoms with Gasteiger partial charge in [0.15, 0.2) is 15.7 Å². The first-order chi connectivity index (χ1) is 12.1. The fraction of sp³-hybridized carbons (Fsp3) is 0.529. The average Bonchev–Trinajstić information content (AvgIpc) is 3.30. The van der Waals surface area contributed by atoms with Crippen molar-refractivity contribution in [2.45, 2.75) is 30.2 Å². The average molecular weight is 363 g/mol. The summed E-state index contributed by atoms with van der Waals surface area (Å²) in [4.78, 5) is 4.80. The molecule has 25 heavy (non-hydrogen) atoms. The van der Waals surface area contributed by atoms with Gasteiger partial charge in [-0.15, -0.1) is 0 Å². The Morgan fingerprint density at radius 2 is 2.00 bits per heavy atom. The molecular weight excluding hydrogens is 342 g/mol. The first kappa shape index (κ1) is 16.7. The van der Waals surface area contributed by atoms with Gasteiger partial charge in [-0.25, -0.2) is 8.42 Å². The topological polar surface area (TPSA) is 94.3 Å². The summed E-state index contributed by atoms with van der Waals surface area (Å²) in [6, 6.07) is 6.92. The Morgan fingerprint density at radius 1 is 1.20 bits per heavy atom. The van der Waals surface area contributed by atoms with Gasteiger partial charge in [0.05, 0.1) is 36.3 Å². The summed E-state index contributed by atoms with van der Waals surface area (Å²) < 4.78 is 35.2. The van der Waals surface area contributed by atoms with Crippen LogP contribution in [0.25, 0.3) is 0 Å². The van der Waals surface area contributed by atoms with E-state index >= 15 is 0 Å². The molecule has 4 rings (SSSR count). The first-order valence-corrected chi connectivity index (χ1v) is 10.2. The molecule has 1 aliphatic heterocycles. The summed E-state index contributed by atoms with van der Waals surface area (Å²) >= 11 is 0. The maximum absolute atomic E-state index is 12.3. The lowest BCUT2D eigenvalue weighted by atomic mass is 10.1. The number of nitrogens with one attached hydrogen (secondary N) is 1. The van der Waals surface area contributed by atoms with Gasteiger partial charge in [0.1, 0.15) is 0 Å². The molecule has 0 amide bonds. The molecule has 2 fully saturated rings. The smallest absolute Gasteiger partial charge is 0.231 e. The first-order valence-electron chi connectivity index (χ1n) is 8.55. The Morgan fingerprint density at radius 3 is 2.68 bits per heavy atom. The third-order valence-electron chi connectivity index (χ3n) is 4.51. The number of ether oxygens (including phenoxy) is 1. The van der Waals surface area contributed by atoms with Crippen molar-refractivity contribution in [3.05, 3.63) is 41.5 Å². The van der Waals surface area contributed by atoms with Crippen molar-refractivity contribution in [3.8, 4) is 0 Å². The van der Waals surface area contributed by atoms with Crippen molar-refractivity contribution in [3.63, 3.8) is 0 Å². The largest absolute Gasteiger partial charge is 0.378 e. The van der Waals surface area contributed by atoms with Gasteiger partial charge in [-0.3, -0.25) is 0 Å². The fourth-order valence-corrected chi connectivity index (χ4v) is 4.59. The van der Waals surface area contributed by atoms with Crippen molar-refractivity contribution < 1.29 is 17.7 Å². The summed E-state index contributed by atoms with van der Waals surface area (Å²) in [6.45, 7) is 2.00. The Kier molecular flexibility index (Phi) is 4.58. The lowest BCUT2D eigenvalue weighted by Gasteiger charge is -2.20. The van der Waals surface area contributed by atoms with E-state index in [-0.39, 0.29) is 11.8 Å². The number of rotatable bonds is 6. The minimum Gasteiger partial charge on any atom is -0.378 e. The standard InChI is InChI=1S/C17H21N3O4S/c21-25(22,11-13-1-2-13)14-5-3-12(4-6-14)9-16-19-17(20-24-16)15-10-23-8-7-18-15/h3-6,13,15,18H,1-2,7-11H2. The molecule has 1 saturated heterocycles. The van der Waals surface area contributed by atoms with Crippen molar-refractivity contribution in [1.29, 1.82) is 0 Å². The van der Waals surface area contributed by atoms with E-state index in [4.69, 9.17) is 9.26 Å². The molecule has 0 spiro atoms. The van der Waals surface area contributed by atoms with Crippen LogP contribution in [-0.2, 0) is 21.0 Å². The molecule has 1 aromatic carbocycles. The van der Waals surface area contributed by atoms with E-state index in [9.17, 15) is 8.42 Å². The zero-order chi connectivity index (χ0) is 17.3. The number of hydrogen-bond donors (Lipinski definition) is 1. The van der Waals surface area contributed by atoms with Crippen LogP contribution in [0.4, 0.5) is 0 Å². The summed E-state index contributed by atoms with van der Waals surface area (Å²) in [5, 5.41) is 7.29. The predicted molar refractivity (Wildman–Crippen MR) is 89.9 cm³/mol. The molecule has 2 aliphatic rings. The van der Waals surface area contributed by atoms with Crippen molar-refractivity contribution in [2.24, 2.45) is 5.92 Å². The normalized spacial score (nSPS) is 21.4. The van der Waals surface area contributed by atoms with Gasteiger partial charge in [-0.2, -0.15) is 4.98 Å². The molecule has 1 saturated carbocycles. The molecular formula is C17H21N3O4S. The van der Waals surface area contributed by atoms with E-state index in [0.717, 1.165) is 24.9 Å². The lowest BCUT2D eigenvalue weighted by Crippen LogP contribution is -2.35. The molecule has 134 valence electrons. The Hall–Kier alpha value is -1.77. The van der Waals surface area contributed by atoms with E-state index < -0.39 is 9.84 Å². The number of nitrogens with zero attached hydrogens (tertiary/aromatic N) is 2. The van der Waals surface area contributed by atoms with Gasteiger partial charge in [-0.1, -0.05) is 17.3 Å². The third-order valence-corrected chi connectivity index (χ3v) is 6.41. The Bertz CT molecular complexity index is 822. The van der Waals surface area contributed by atoms with Crippen molar-refractivity contribution in [1.82, 2.24) is 15.5 Å². The molecule has 1 N–H and O–H groups in total. The van der Waals surface area contributed by atoms with Crippen LogP contribution >= 0.6 is 0 Å². The Labute approximate surface area is 146 Å². The maximum atomic E-state index is 12.3. The number of sulfone groups is 1. The highest BCUT2D eigenvalue weighted by Gasteiger charge is 2.29. The van der Waals surface area contributed by atoms with Gasteiger partial charge in [0, 0.05) is 6.54 Å². The molecule has 7 nitrogen and oxygen atoms in total. The van der Waals surface area contributed by atoms with Crippen LogP contribution in [0.1, 0.15) is 36.2 Å². The molecule has 8 heteroatoms. The molecule has 0 radical (unpaired) electrons. The second-order valence-electron chi connectivity index (χ2n) is 6.67. The van der Waals surface area contributed by atoms with Crippen LogP contribution in [0.3, 0.4) is 0 Å². The highest BCUT2D eigenvalue weighted by atomic mass is 32.2. The van der Waals surface area contributed by atoms with Crippen molar-refractivity contribution >= 4 is 9.84 Å². The van der Waals surface area contributed by atoms with E-state index in [1.807, 2.05) is 12.1 Å². The predicted octanol–water partition coefficient (Wildman–Crippen LogP) is 1.50. The van der Waals surface area contributed by atoms with E-state index in [1.54, 1.807) is 12.1 Å². The number of aromatic nitrogens is 2. The summed E-state index contributed by atoms with van der Waals surface area (Å²) in [5.41, 5.74) is 0.938. The third kappa shape index (κ3) is 4.08. The molecule has 0 bridgehead atoms. The monoisotopic (exact) mass is 363 g/mol. The maximum Gasteiger partial charge on any atom is 0.231 e. The van der Waals surface area contributed by atoms with E-state index in [0.29, 0.717) is 42.2 Å². The fourth-order valence-electron chi connectivity index (χ4n) is 2.89. The van der Waals surface area contributed by atoms with Crippen molar-refractivity contribution in [2.75, 3.05) is 25.5 Å². The molecule has 1 aliphatic carbocycles. The van der Waals surface area contributed by atoms with Gasteiger partial charge < -0.3 is 14.6 Å².